The molecular weight excluding hydrogens is 321 g/mol. The fraction of sp³-hybridized carbons (Fsp3) is 0.533. The number of nitrogens with one attached hydrogen (secondary N) is 1. The van der Waals surface area contributed by atoms with E-state index in [1.165, 1.54) is 16.4 Å². The number of hydrogen-bond donors (Lipinski definition) is 1. The highest BCUT2D eigenvalue weighted by Gasteiger charge is 2.31. The minimum Gasteiger partial charge on any atom is -0.355 e. The zero-order chi connectivity index (χ0) is 17.0. The van der Waals surface area contributed by atoms with E-state index in [9.17, 15) is 17.6 Å². The molecule has 6 nitrogen and oxygen atoms in total. The van der Waals surface area contributed by atoms with Crippen molar-refractivity contribution in [3.05, 3.63) is 30.1 Å². The third kappa shape index (κ3) is 4.07. The van der Waals surface area contributed by atoms with E-state index >= 15 is 0 Å². The second-order valence-electron chi connectivity index (χ2n) is 5.46. The zero-order valence-corrected chi connectivity index (χ0v) is 14.1. The molecule has 0 bridgehead atoms. The van der Waals surface area contributed by atoms with E-state index in [0.29, 0.717) is 32.7 Å². The first-order valence-corrected chi connectivity index (χ1v) is 9.07. The minimum atomic E-state index is -3.62. The summed E-state index contributed by atoms with van der Waals surface area (Å²) in [6.07, 6.45) is 0. The lowest BCUT2D eigenvalue weighted by Crippen LogP contribution is -2.54. The lowest BCUT2D eigenvalue weighted by atomic mass is 10.2. The number of sulfonamides is 1. The predicted molar refractivity (Wildman–Crippen MR) is 84.9 cm³/mol. The van der Waals surface area contributed by atoms with Gasteiger partial charge in [0.15, 0.2) is 0 Å². The van der Waals surface area contributed by atoms with Gasteiger partial charge in [-0.15, -0.1) is 0 Å². The van der Waals surface area contributed by atoms with Crippen molar-refractivity contribution in [2.45, 2.75) is 24.8 Å². The molecule has 0 aromatic heterocycles. The summed E-state index contributed by atoms with van der Waals surface area (Å²) in [6.45, 7) is 5.83. The van der Waals surface area contributed by atoms with Crippen LogP contribution in [-0.4, -0.2) is 62.3 Å². The predicted octanol–water partition coefficient (Wildman–Crippen LogP) is 0.657. The largest absolute Gasteiger partial charge is 0.355 e. The Morgan fingerprint density at radius 2 is 1.78 bits per heavy atom. The maximum absolute atomic E-state index is 12.9. The van der Waals surface area contributed by atoms with Crippen molar-refractivity contribution < 1.29 is 17.6 Å². The molecule has 1 N–H and O–H groups in total. The number of amides is 1. The molecule has 0 unspecified atom stereocenters. The molecule has 8 heteroatoms. The molecule has 1 amide bonds. The van der Waals surface area contributed by atoms with Gasteiger partial charge in [0.05, 0.1) is 10.9 Å². The molecule has 1 fully saturated rings. The van der Waals surface area contributed by atoms with Crippen molar-refractivity contribution in [3.8, 4) is 0 Å². The second-order valence-corrected chi connectivity index (χ2v) is 7.40. The Morgan fingerprint density at radius 3 is 2.30 bits per heavy atom. The molecule has 2 rings (SSSR count). The number of benzene rings is 1. The van der Waals surface area contributed by atoms with Crippen molar-refractivity contribution in [2.75, 3.05) is 32.7 Å². The summed E-state index contributed by atoms with van der Waals surface area (Å²) in [5.74, 6) is -0.521. The summed E-state index contributed by atoms with van der Waals surface area (Å²) in [6, 6.07) is 4.54. The summed E-state index contributed by atoms with van der Waals surface area (Å²) in [5, 5.41) is 2.77. The molecule has 1 aliphatic rings. The number of carbonyl (C=O) groups excluding carboxylic acids is 1. The van der Waals surface area contributed by atoms with Gasteiger partial charge in [-0.25, -0.2) is 12.8 Å². The topological polar surface area (TPSA) is 69.7 Å². The molecule has 23 heavy (non-hydrogen) atoms. The Balaban J connectivity index is 2.01. The van der Waals surface area contributed by atoms with Crippen LogP contribution in [0.1, 0.15) is 13.8 Å². The van der Waals surface area contributed by atoms with Crippen molar-refractivity contribution >= 4 is 15.9 Å². The molecule has 128 valence electrons. The van der Waals surface area contributed by atoms with E-state index in [1.807, 2.05) is 18.7 Å². The number of halogens is 1. The van der Waals surface area contributed by atoms with E-state index in [0.717, 1.165) is 12.1 Å². The van der Waals surface area contributed by atoms with Crippen LogP contribution in [0, 0.1) is 5.82 Å². The van der Waals surface area contributed by atoms with Crippen molar-refractivity contribution in [3.63, 3.8) is 0 Å². The molecule has 0 spiro atoms. The lowest BCUT2D eigenvalue weighted by molar-refractivity contribution is -0.126. The van der Waals surface area contributed by atoms with Gasteiger partial charge < -0.3 is 5.32 Å². The third-order valence-electron chi connectivity index (χ3n) is 4.00. The fourth-order valence-corrected chi connectivity index (χ4v) is 4.00. The Hall–Kier alpha value is -1.51. The third-order valence-corrected chi connectivity index (χ3v) is 5.92. The van der Waals surface area contributed by atoms with E-state index in [4.69, 9.17) is 0 Å². The number of nitrogens with zero attached hydrogens (tertiary/aromatic N) is 2. The van der Waals surface area contributed by atoms with Crippen molar-refractivity contribution in [2.24, 2.45) is 0 Å². The Labute approximate surface area is 136 Å². The number of piperazine rings is 1. The van der Waals surface area contributed by atoms with Gasteiger partial charge in [-0.05, 0) is 38.1 Å². The van der Waals surface area contributed by atoms with Crippen molar-refractivity contribution in [1.82, 2.24) is 14.5 Å². The molecule has 0 saturated carbocycles. The number of likely N-dealkylation sites (N-methyl/N-ethyl adjacent to an activating group) is 1. The van der Waals surface area contributed by atoms with Crippen LogP contribution in [-0.2, 0) is 14.8 Å². The van der Waals surface area contributed by atoms with Gasteiger partial charge >= 0.3 is 0 Å². The normalized spacial score (nSPS) is 18.6. The molecule has 1 aliphatic heterocycles. The standard InChI is InChI=1S/C15H22FN3O3S/c1-3-17-15(20)12(2)18-8-10-19(11-9-18)23(21,22)14-6-4-13(16)5-7-14/h4-7,12H,3,8-11H2,1-2H3,(H,17,20)/t12-/m0/s1. The van der Waals surface area contributed by atoms with Crippen LogP contribution in [0.5, 0.6) is 0 Å². The van der Waals surface area contributed by atoms with E-state index in [2.05, 4.69) is 5.32 Å². The summed E-state index contributed by atoms with van der Waals surface area (Å²) >= 11 is 0. The summed E-state index contributed by atoms with van der Waals surface area (Å²) < 4.78 is 39.4. The van der Waals surface area contributed by atoms with Gasteiger partial charge in [0.2, 0.25) is 15.9 Å². The maximum Gasteiger partial charge on any atom is 0.243 e. The Morgan fingerprint density at radius 1 is 1.22 bits per heavy atom. The van der Waals surface area contributed by atoms with Crippen LogP contribution in [0.4, 0.5) is 4.39 Å². The SMILES string of the molecule is CCNC(=O)[C@H](C)N1CCN(S(=O)(=O)c2ccc(F)cc2)CC1. The van der Waals surface area contributed by atoms with Crippen LogP contribution >= 0.6 is 0 Å². The molecule has 1 aromatic rings. The number of carbonyl (C=O) groups is 1. The fourth-order valence-electron chi connectivity index (χ4n) is 2.57. The first-order chi connectivity index (χ1) is 10.9. The summed E-state index contributed by atoms with van der Waals surface area (Å²) in [4.78, 5) is 13.9. The van der Waals surface area contributed by atoms with E-state index < -0.39 is 15.8 Å². The lowest BCUT2D eigenvalue weighted by Gasteiger charge is -2.36. The second kappa shape index (κ2) is 7.37. The van der Waals surface area contributed by atoms with Crippen LogP contribution in [0.25, 0.3) is 0 Å². The molecule has 0 aliphatic carbocycles. The van der Waals surface area contributed by atoms with Gasteiger partial charge in [-0.2, -0.15) is 4.31 Å². The molecule has 1 atom stereocenters. The average Bonchev–Trinajstić information content (AvgIpc) is 2.55. The van der Waals surface area contributed by atoms with Gasteiger partial charge in [0, 0.05) is 32.7 Å². The van der Waals surface area contributed by atoms with Crippen molar-refractivity contribution in [1.29, 1.82) is 0 Å². The van der Waals surface area contributed by atoms with Gasteiger partial charge in [-0.3, -0.25) is 9.69 Å². The first-order valence-electron chi connectivity index (χ1n) is 7.63. The zero-order valence-electron chi connectivity index (χ0n) is 13.3. The van der Waals surface area contributed by atoms with E-state index in [-0.39, 0.29) is 16.8 Å². The monoisotopic (exact) mass is 343 g/mol. The summed E-state index contributed by atoms with van der Waals surface area (Å²) in [7, 11) is -3.62. The Bertz CT molecular complexity index is 640. The quantitative estimate of drug-likeness (QED) is 0.853. The molecule has 1 heterocycles. The van der Waals surface area contributed by atoms with Crippen LogP contribution < -0.4 is 5.32 Å². The maximum atomic E-state index is 12.9. The minimum absolute atomic E-state index is 0.0534. The molecule has 0 radical (unpaired) electrons. The highest BCUT2D eigenvalue weighted by molar-refractivity contribution is 7.89. The smallest absolute Gasteiger partial charge is 0.243 e. The first kappa shape index (κ1) is 17.8. The molecule has 1 saturated heterocycles. The highest BCUT2D eigenvalue weighted by atomic mass is 32.2. The van der Waals surface area contributed by atoms with E-state index in [1.54, 1.807) is 0 Å². The number of hydrogen-bond acceptors (Lipinski definition) is 4. The number of rotatable bonds is 5. The van der Waals surface area contributed by atoms with Gasteiger partial charge in [0.25, 0.3) is 0 Å². The Kier molecular flexibility index (Phi) is 5.72. The van der Waals surface area contributed by atoms with Gasteiger partial charge in [-0.1, -0.05) is 0 Å². The van der Waals surface area contributed by atoms with Gasteiger partial charge in [0.1, 0.15) is 5.82 Å². The van der Waals surface area contributed by atoms with Crippen LogP contribution in [0.2, 0.25) is 0 Å². The molecule has 1 aromatic carbocycles. The van der Waals surface area contributed by atoms with Crippen LogP contribution in [0.3, 0.4) is 0 Å². The summed E-state index contributed by atoms with van der Waals surface area (Å²) in [5.41, 5.74) is 0. The highest BCUT2D eigenvalue weighted by Crippen LogP contribution is 2.18. The van der Waals surface area contributed by atoms with Crippen LogP contribution in [0.15, 0.2) is 29.2 Å². The molecular formula is C15H22FN3O3S. The average molecular weight is 343 g/mol.